The van der Waals surface area contributed by atoms with Gasteiger partial charge in [-0.05, 0) is 63.6 Å². The van der Waals surface area contributed by atoms with Crippen LogP contribution in [0.15, 0.2) is 49.9 Å². The molecule has 0 amide bonds. The minimum absolute atomic E-state index is 0.0724. The monoisotopic (exact) mass is 453 g/mol. The minimum Gasteiger partial charge on any atom is -0.464 e. The second-order valence-electron chi connectivity index (χ2n) is 8.85. The molecular formula is C25H24ClNO5. The van der Waals surface area contributed by atoms with Crippen LogP contribution in [0.2, 0.25) is 5.02 Å². The Morgan fingerprint density at radius 2 is 1.94 bits per heavy atom. The molecule has 166 valence electrons. The normalized spacial score (nSPS) is 23.9. The highest BCUT2D eigenvalue weighted by Gasteiger charge is 2.45. The van der Waals surface area contributed by atoms with Gasteiger partial charge in [-0.1, -0.05) is 11.6 Å². The van der Waals surface area contributed by atoms with E-state index < -0.39 is 17.8 Å². The fourth-order valence-corrected chi connectivity index (χ4v) is 5.40. The molecule has 1 fully saturated rings. The van der Waals surface area contributed by atoms with Crippen LogP contribution in [0.5, 0.6) is 0 Å². The second kappa shape index (κ2) is 8.32. The van der Waals surface area contributed by atoms with Crippen LogP contribution in [0.25, 0.3) is 11.0 Å². The van der Waals surface area contributed by atoms with E-state index in [4.69, 9.17) is 20.8 Å². The number of allylic oxidation sites excluding steroid dienone is 2. The average Bonchev–Trinajstić information content (AvgIpc) is 3.26. The predicted molar refractivity (Wildman–Crippen MR) is 121 cm³/mol. The summed E-state index contributed by atoms with van der Waals surface area (Å²) in [6, 6.07) is 4.84. The number of hydrogen-bond donors (Lipinski definition) is 0. The van der Waals surface area contributed by atoms with Gasteiger partial charge in [-0.3, -0.25) is 19.4 Å². The van der Waals surface area contributed by atoms with Crippen molar-refractivity contribution in [2.75, 3.05) is 0 Å². The van der Waals surface area contributed by atoms with E-state index >= 15 is 0 Å². The van der Waals surface area contributed by atoms with Gasteiger partial charge in [-0.15, -0.1) is 0 Å². The fourth-order valence-electron chi connectivity index (χ4n) is 5.22. The van der Waals surface area contributed by atoms with Crippen LogP contribution >= 0.6 is 11.6 Å². The molecule has 1 saturated carbocycles. The smallest absolute Gasteiger partial charge is 0.315 e. The molecule has 0 bridgehead atoms. The maximum absolute atomic E-state index is 13.5. The van der Waals surface area contributed by atoms with Crippen molar-refractivity contribution < 1.29 is 18.7 Å². The molecule has 7 heteroatoms. The summed E-state index contributed by atoms with van der Waals surface area (Å²) >= 11 is 6.12. The first-order chi connectivity index (χ1) is 15.4. The van der Waals surface area contributed by atoms with E-state index in [9.17, 15) is 14.4 Å². The number of carbonyl (C=O) groups excluding carboxylic acids is 2. The Kier molecular flexibility index (Phi) is 5.49. The van der Waals surface area contributed by atoms with Crippen LogP contribution in [-0.2, 0) is 14.3 Å². The highest BCUT2D eigenvalue weighted by Crippen LogP contribution is 2.43. The van der Waals surface area contributed by atoms with Crippen LogP contribution < -0.4 is 5.43 Å². The molecule has 5 rings (SSSR count). The number of Topliss-reactive ketones (excluding diaryl/α,β-unsaturated/α-hetero) is 1. The van der Waals surface area contributed by atoms with Crippen molar-refractivity contribution in [2.45, 2.75) is 63.9 Å². The molecule has 0 saturated heterocycles. The van der Waals surface area contributed by atoms with Crippen LogP contribution in [0.4, 0.5) is 0 Å². The Bertz CT molecular complexity index is 1230. The summed E-state index contributed by atoms with van der Waals surface area (Å²) in [5.41, 5.74) is 2.06. The number of aliphatic imine (C=N–C) groups is 1. The molecule has 0 N–H and O–H groups in total. The molecule has 2 atom stereocenters. The Morgan fingerprint density at radius 3 is 2.72 bits per heavy atom. The first kappa shape index (κ1) is 21.1. The third-order valence-corrected chi connectivity index (χ3v) is 7.00. The molecule has 2 aliphatic carbocycles. The highest BCUT2D eigenvalue weighted by atomic mass is 35.5. The van der Waals surface area contributed by atoms with Gasteiger partial charge in [0, 0.05) is 39.9 Å². The lowest BCUT2D eigenvalue weighted by atomic mass is 9.72. The third kappa shape index (κ3) is 3.60. The van der Waals surface area contributed by atoms with Gasteiger partial charge in [0.2, 0.25) is 0 Å². The van der Waals surface area contributed by atoms with Gasteiger partial charge in [0.05, 0.1) is 11.6 Å². The SMILES string of the molecule is CC1=NC2=C(C(=O)CCC2)C(c2coc3ccc(Cl)cc3c2=O)C1C(=O)OC1CCCC1. The molecule has 6 nitrogen and oxygen atoms in total. The molecule has 3 aliphatic rings. The van der Waals surface area contributed by atoms with Gasteiger partial charge in [-0.2, -0.15) is 0 Å². The van der Waals surface area contributed by atoms with Crippen LogP contribution in [0.3, 0.4) is 0 Å². The summed E-state index contributed by atoms with van der Waals surface area (Å²) < 4.78 is 11.6. The Morgan fingerprint density at radius 1 is 1.16 bits per heavy atom. The van der Waals surface area contributed by atoms with E-state index in [1.54, 1.807) is 25.1 Å². The lowest BCUT2D eigenvalue weighted by Crippen LogP contribution is -2.40. The number of nitrogens with zero attached hydrogens (tertiary/aromatic N) is 1. The molecule has 0 spiro atoms. The van der Waals surface area contributed by atoms with Gasteiger partial charge in [-0.25, -0.2) is 0 Å². The average molecular weight is 454 g/mol. The number of carbonyl (C=O) groups is 2. The summed E-state index contributed by atoms with van der Waals surface area (Å²) in [7, 11) is 0. The summed E-state index contributed by atoms with van der Waals surface area (Å²) in [6.07, 6.45) is 6.71. The number of hydrogen-bond acceptors (Lipinski definition) is 6. The number of benzene rings is 1. The van der Waals surface area contributed by atoms with Crippen molar-refractivity contribution in [1.82, 2.24) is 0 Å². The molecular weight excluding hydrogens is 430 g/mol. The molecule has 2 heterocycles. The largest absolute Gasteiger partial charge is 0.464 e. The molecule has 1 aliphatic heterocycles. The Balaban J connectivity index is 1.66. The molecule has 0 radical (unpaired) electrons. The molecule has 2 unspecified atom stereocenters. The van der Waals surface area contributed by atoms with Gasteiger partial charge in [0.25, 0.3) is 0 Å². The van der Waals surface area contributed by atoms with E-state index in [1.807, 2.05) is 0 Å². The lowest BCUT2D eigenvalue weighted by Gasteiger charge is -2.34. The van der Waals surface area contributed by atoms with Crippen LogP contribution in [0.1, 0.15) is 63.4 Å². The first-order valence-electron chi connectivity index (χ1n) is 11.2. The van der Waals surface area contributed by atoms with Crippen molar-refractivity contribution in [1.29, 1.82) is 0 Å². The van der Waals surface area contributed by atoms with Crippen LogP contribution in [0, 0.1) is 5.92 Å². The highest BCUT2D eigenvalue weighted by molar-refractivity contribution is 6.31. The molecule has 1 aromatic heterocycles. The molecule has 1 aromatic carbocycles. The maximum atomic E-state index is 13.5. The quantitative estimate of drug-likeness (QED) is 0.602. The van der Waals surface area contributed by atoms with Gasteiger partial charge >= 0.3 is 5.97 Å². The number of esters is 1. The zero-order valence-corrected chi connectivity index (χ0v) is 18.6. The summed E-state index contributed by atoms with van der Waals surface area (Å²) in [6.45, 7) is 1.77. The topological polar surface area (TPSA) is 85.9 Å². The predicted octanol–water partition coefficient (Wildman–Crippen LogP) is 5.11. The van der Waals surface area contributed by atoms with Gasteiger partial charge in [0.15, 0.2) is 11.2 Å². The maximum Gasteiger partial charge on any atom is 0.315 e. The van der Waals surface area contributed by atoms with E-state index in [0.29, 0.717) is 52.2 Å². The van der Waals surface area contributed by atoms with Crippen molar-refractivity contribution >= 4 is 40.0 Å². The number of halogens is 1. The number of fused-ring (bicyclic) bond motifs is 1. The third-order valence-electron chi connectivity index (χ3n) is 6.77. The number of rotatable bonds is 3. The summed E-state index contributed by atoms with van der Waals surface area (Å²) in [5.74, 6) is -2.12. The summed E-state index contributed by atoms with van der Waals surface area (Å²) in [4.78, 5) is 44.6. The van der Waals surface area contributed by atoms with Gasteiger partial charge in [0.1, 0.15) is 17.6 Å². The van der Waals surface area contributed by atoms with E-state index in [0.717, 1.165) is 25.7 Å². The Labute approximate surface area is 190 Å². The second-order valence-corrected chi connectivity index (χ2v) is 9.29. The lowest BCUT2D eigenvalue weighted by molar-refractivity contribution is -0.151. The van der Waals surface area contributed by atoms with Crippen molar-refractivity contribution in [3.8, 4) is 0 Å². The van der Waals surface area contributed by atoms with Crippen molar-refractivity contribution in [3.05, 3.63) is 56.5 Å². The van der Waals surface area contributed by atoms with E-state index in [-0.39, 0.29) is 22.9 Å². The standard InChI is InChI=1S/C25H24ClNO5/c1-13-21(25(30)32-15-5-2-3-6-15)22(23-18(27-13)7-4-8-19(23)28)17-12-31-20-10-9-14(26)11-16(20)24(17)29/h9-12,15,21-22H,2-8H2,1H3. The number of ketones is 1. The minimum atomic E-state index is -0.837. The zero-order chi connectivity index (χ0) is 22.4. The zero-order valence-electron chi connectivity index (χ0n) is 17.9. The van der Waals surface area contributed by atoms with E-state index in [2.05, 4.69) is 4.99 Å². The Hall–Kier alpha value is -2.73. The van der Waals surface area contributed by atoms with Crippen molar-refractivity contribution in [2.24, 2.45) is 10.9 Å². The van der Waals surface area contributed by atoms with Crippen molar-refractivity contribution in [3.63, 3.8) is 0 Å². The fraction of sp³-hybridized carbons (Fsp3) is 0.440. The summed E-state index contributed by atoms with van der Waals surface area (Å²) in [5, 5.41) is 0.734. The van der Waals surface area contributed by atoms with Crippen LogP contribution in [-0.4, -0.2) is 23.6 Å². The van der Waals surface area contributed by atoms with Gasteiger partial charge < -0.3 is 9.15 Å². The first-order valence-corrected chi connectivity index (χ1v) is 11.5. The number of ether oxygens (including phenoxy) is 1. The molecule has 32 heavy (non-hydrogen) atoms. The molecule has 2 aromatic rings. The van der Waals surface area contributed by atoms with E-state index in [1.165, 1.54) is 6.26 Å².